The van der Waals surface area contributed by atoms with E-state index in [2.05, 4.69) is 14.9 Å². The van der Waals surface area contributed by atoms with Gasteiger partial charge in [0.2, 0.25) is 0 Å². The fourth-order valence-corrected chi connectivity index (χ4v) is 2.41. The van der Waals surface area contributed by atoms with Crippen molar-refractivity contribution in [2.75, 3.05) is 32.9 Å². The molecule has 0 N–H and O–H groups in total. The van der Waals surface area contributed by atoms with E-state index in [1.807, 2.05) is 32.9 Å². The Labute approximate surface area is 144 Å². The summed E-state index contributed by atoms with van der Waals surface area (Å²) >= 11 is 0. The number of pyridine rings is 1. The molecular formula is C18H29N3O3. The average Bonchev–Trinajstić information content (AvgIpc) is 2.53. The second-order valence-corrected chi connectivity index (χ2v) is 6.50. The standard InChI is InChI=1S/C17H25N3O3.CH4/c1-17(2,3)15(20-9-12-22-13-10-20)19-16(21)23-11-6-14-4-7-18-8-5-14;/h4-5,7-8H,6,9-13H2,1-3H3;1H4. The minimum absolute atomic E-state index is 0. The molecule has 0 atom stereocenters. The molecule has 134 valence electrons. The molecule has 0 bridgehead atoms. The molecule has 0 spiro atoms. The summed E-state index contributed by atoms with van der Waals surface area (Å²) in [5, 5.41) is 0. The Balaban J connectivity index is 0.00000288. The Morgan fingerprint density at radius 1 is 1.29 bits per heavy atom. The van der Waals surface area contributed by atoms with E-state index in [0.29, 0.717) is 26.2 Å². The largest absolute Gasteiger partial charge is 0.448 e. The topological polar surface area (TPSA) is 64.0 Å². The molecule has 0 saturated carbocycles. The Bertz CT molecular complexity index is 532. The first-order valence-corrected chi connectivity index (χ1v) is 7.94. The van der Waals surface area contributed by atoms with E-state index in [9.17, 15) is 4.79 Å². The third-order valence-electron chi connectivity index (χ3n) is 3.54. The highest BCUT2D eigenvalue weighted by molar-refractivity contribution is 5.95. The number of hydrogen-bond donors (Lipinski definition) is 0. The van der Waals surface area contributed by atoms with Gasteiger partial charge in [-0.2, -0.15) is 4.99 Å². The van der Waals surface area contributed by atoms with Crippen LogP contribution in [0.5, 0.6) is 0 Å². The molecule has 2 heterocycles. The molecule has 1 fully saturated rings. The number of morpholine rings is 1. The number of hydrogen-bond acceptors (Lipinski definition) is 4. The highest BCUT2D eigenvalue weighted by Gasteiger charge is 2.27. The number of amides is 1. The number of amidine groups is 1. The van der Waals surface area contributed by atoms with Gasteiger partial charge in [-0.15, -0.1) is 0 Å². The fourth-order valence-electron chi connectivity index (χ4n) is 2.41. The molecule has 1 aliphatic heterocycles. The number of aromatic nitrogens is 1. The van der Waals surface area contributed by atoms with Crippen molar-refractivity contribution in [1.29, 1.82) is 0 Å². The second kappa shape index (κ2) is 9.37. The molecule has 0 unspecified atom stereocenters. The van der Waals surface area contributed by atoms with Crippen LogP contribution in [-0.2, 0) is 15.9 Å². The van der Waals surface area contributed by atoms with Gasteiger partial charge in [-0.05, 0) is 17.7 Å². The third kappa shape index (κ3) is 6.28. The summed E-state index contributed by atoms with van der Waals surface area (Å²) in [5.41, 5.74) is 0.863. The predicted molar refractivity (Wildman–Crippen MR) is 95.3 cm³/mol. The van der Waals surface area contributed by atoms with E-state index in [1.54, 1.807) is 12.4 Å². The van der Waals surface area contributed by atoms with Crippen LogP contribution in [0.3, 0.4) is 0 Å². The van der Waals surface area contributed by atoms with Crippen molar-refractivity contribution in [3.05, 3.63) is 30.1 Å². The highest BCUT2D eigenvalue weighted by Crippen LogP contribution is 2.20. The van der Waals surface area contributed by atoms with Crippen LogP contribution >= 0.6 is 0 Å². The molecule has 1 aromatic rings. The maximum Gasteiger partial charge on any atom is 0.435 e. The van der Waals surface area contributed by atoms with Crippen LogP contribution in [0.1, 0.15) is 33.8 Å². The normalized spacial score (nSPS) is 15.6. The maximum atomic E-state index is 12.1. The van der Waals surface area contributed by atoms with Gasteiger partial charge in [0.05, 0.1) is 19.8 Å². The number of nitrogens with zero attached hydrogens (tertiary/aromatic N) is 3. The van der Waals surface area contributed by atoms with E-state index < -0.39 is 6.09 Å². The van der Waals surface area contributed by atoms with Gasteiger partial charge in [0.25, 0.3) is 0 Å². The van der Waals surface area contributed by atoms with Crippen molar-refractivity contribution >= 4 is 11.9 Å². The summed E-state index contributed by atoms with van der Waals surface area (Å²) in [6.45, 7) is 9.27. The lowest BCUT2D eigenvalue weighted by atomic mass is 9.93. The Kier molecular flexibility index (Phi) is 7.85. The first kappa shape index (κ1) is 20.1. The molecule has 2 rings (SSSR count). The van der Waals surface area contributed by atoms with Gasteiger partial charge in [-0.3, -0.25) is 4.98 Å². The molecule has 0 radical (unpaired) electrons. The van der Waals surface area contributed by atoms with Gasteiger partial charge in [0.1, 0.15) is 5.84 Å². The van der Waals surface area contributed by atoms with Crippen LogP contribution < -0.4 is 0 Å². The molecule has 1 aliphatic rings. The lowest BCUT2D eigenvalue weighted by Crippen LogP contribution is -2.46. The zero-order valence-electron chi connectivity index (χ0n) is 14.1. The molecule has 1 aromatic heterocycles. The quantitative estimate of drug-likeness (QED) is 0.627. The first-order valence-electron chi connectivity index (χ1n) is 7.94. The predicted octanol–water partition coefficient (Wildman–Crippen LogP) is 3.17. The van der Waals surface area contributed by atoms with Crippen molar-refractivity contribution in [3.8, 4) is 0 Å². The zero-order valence-corrected chi connectivity index (χ0v) is 14.1. The van der Waals surface area contributed by atoms with Gasteiger partial charge in [0, 0.05) is 37.3 Å². The third-order valence-corrected chi connectivity index (χ3v) is 3.54. The summed E-state index contributed by atoms with van der Waals surface area (Å²) in [6.07, 6.45) is 3.58. The van der Waals surface area contributed by atoms with Crippen LogP contribution in [0.2, 0.25) is 0 Å². The maximum absolute atomic E-state index is 12.1. The minimum Gasteiger partial charge on any atom is -0.448 e. The lowest BCUT2D eigenvalue weighted by molar-refractivity contribution is 0.0642. The van der Waals surface area contributed by atoms with Crippen molar-refractivity contribution in [2.45, 2.75) is 34.6 Å². The van der Waals surface area contributed by atoms with Gasteiger partial charge in [-0.1, -0.05) is 28.2 Å². The van der Waals surface area contributed by atoms with Gasteiger partial charge >= 0.3 is 6.09 Å². The van der Waals surface area contributed by atoms with Crippen molar-refractivity contribution in [3.63, 3.8) is 0 Å². The van der Waals surface area contributed by atoms with Gasteiger partial charge < -0.3 is 14.4 Å². The van der Waals surface area contributed by atoms with Crippen LogP contribution in [0.15, 0.2) is 29.5 Å². The number of aliphatic imine (C=N–C) groups is 1. The average molecular weight is 335 g/mol. The van der Waals surface area contributed by atoms with Crippen molar-refractivity contribution in [1.82, 2.24) is 9.88 Å². The van der Waals surface area contributed by atoms with Crippen molar-refractivity contribution < 1.29 is 14.3 Å². The SMILES string of the molecule is C.CC(C)(C)C(=NC(=O)OCCc1ccncc1)N1CCOCC1. The smallest absolute Gasteiger partial charge is 0.435 e. The number of carbonyl (C=O) groups is 1. The van der Waals surface area contributed by atoms with Crippen LogP contribution in [-0.4, -0.2) is 54.7 Å². The summed E-state index contributed by atoms with van der Waals surface area (Å²) < 4.78 is 10.6. The van der Waals surface area contributed by atoms with Gasteiger partial charge in [-0.25, -0.2) is 4.79 Å². The van der Waals surface area contributed by atoms with E-state index in [4.69, 9.17) is 9.47 Å². The Morgan fingerprint density at radius 3 is 2.50 bits per heavy atom. The van der Waals surface area contributed by atoms with Crippen LogP contribution in [0.25, 0.3) is 0 Å². The summed E-state index contributed by atoms with van der Waals surface area (Å²) in [7, 11) is 0. The van der Waals surface area contributed by atoms with Crippen molar-refractivity contribution in [2.24, 2.45) is 10.4 Å². The number of carbonyl (C=O) groups excluding carboxylic acids is 1. The van der Waals surface area contributed by atoms with E-state index in [0.717, 1.165) is 24.5 Å². The monoisotopic (exact) mass is 335 g/mol. The summed E-state index contributed by atoms with van der Waals surface area (Å²) in [6, 6.07) is 3.82. The van der Waals surface area contributed by atoms with Crippen LogP contribution in [0, 0.1) is 5.41 Å². The van der Waals surface area contributed by atoms with E-state index >= 15 is 0 Å². The fraction of sp³-hybridized carbons (Fsp3) is 0.611. The molecular weight excluding hydrogens is 306 g/mol. The summed E-state index contributed by atoms with van der Waals surface area (Å²) in [4.78, 5) is 22.3. The summed E-state index contributed by atoms with van der Waals surface area (Å²) in [5.74, 6) is 0.759. The van der Waals surface area contributed by atoms with E-state index in [-0.39, 0.29) is 12.8 Å². The van der Waals surface area contributed by atoms with Gasteiger partial charge in [0.15, 0.2) is 0 Å². The molecule has 1 saturated heterocycles. The minimum atomic E-state index is -0.532. The van der Waals surface area contributed by atoms with E-state index in [1.165, 1.54) is 0 Å². The zero-order chi connectivity index (χ0) is 16.7. The molecule has 0 aromatic carbocycles. The second-order valence-electron chi connectivity index (χ2n) is 6.50. The molecule has 6 heteroatoms. The Morgan fingerprint density at radius 2 is 1.92 bits per heavy atom. The molecule has 0 aliphatic carbocycles. The Hall–Kier alpha value is -1.95. The highest BCUT2D eigenvalue weighted by atomic mass is 16.5. The molecule has 1 amide bonds. The van der Waals surface area contributed by atoms with Crippen LogP contribution in [0.4, 0.5) is 4.79 Å². The lowest BCUT2D eigenvalue weighted by Gasteiger charge is -2.35. The number of ether oxygens (including phenoxy) is 2. The molecule has 24 heavy (non-hydrogen) atoms. The number of rotatable bonds is 3. The first-order chi connectivity index (χ1) is 11.0. The molecule has 6 nitrogen and oxygen atoms in total.